The van der Waals surface area contributed by atoms with Crippen molar-refractivity contribution in [2.75, 3.05) is 33.1 Å². The molecule has 0 atom stereocenters. The highest BCUT2D eigenvalue weighted by Gasteiger charge is 2.17. The number of nitrogens with one attached hydrogen (secondary N) is 1. The number of esters is 1. The van der Waals surface area contributed by atoms with Gasteiger partial charge < -0.3 is 25.3 Å². The molecule has 29 heavy (non-hydrogen) atoms. The van der Waals surface area contributed by atoms with E-state index in [1.54, 1.807) is 19.2 Å². The van der Waals surface area contributed by atoms with Crippen molar-refractivity contribution in [3.63, 3.8) is 0 Å². The maximum Gasteiger partial charge on any atom is 0.338 e. The number of nitro groups is 1. The van der Waals surface area contributed by atoms with Crippen LogP contribution in [0.2, 0.25) is 0 Å². The largest absolute Gasteiger partial charge is 0.493 e. The number of nitrogens with zero attached hydrogens (tertiary/aromatic N) is 1. The first-order valence-corrected chi connectivity index (χ1v) is 8.54. The molecule has 10 nitrogen and oxygen atoms in total. The van der Waals surface area contributed by atoms with Gasteiger partial charge in [-0.3, -0.25) is 14.9 Å². The Morgan fingerprint density at radius 1 is 1.10 bits per heavy atom. The monoisotopic (exact) mass is 403 g/mol. The van der Waals surface area contributed by atoms with Gasteiger partial charge in [0.05, 0.1) is 24.7 Å². The summed E-state index contributed by atoms with van der Waals surface area (Å²) in [6, 6.07) is 8.95. The number of anilines is 1. The quantitative estimate of drug-likeness (QED) is 0.279. The lowest BCUT2D eigenvalue weighted by molar-refractivity contribution is -0.383. The second-order valence-corrected chi connectivity index (χ2v) is 5.90. The van der Waals surface area contributed by atoms with Crippen LogP contribution in [-0.4, -0.2) is 44.2 Å². The van der Waals surface area contributed by atoms with Crippen LogP contribution < -0.4 is 20.5 Å². The minimum atomic E-state index is -0.858. The summed E-state index contributed by atoms with van der Waals surface area (Å²) in [4.78, 5) is 34.0. The summed E-state index contributed by atoms with van der Waals surface area (Å²) in [7, 11) is 3.08. The van der Waals surface area contributed by atoms with Crippen LogP contribution in [0.3, 0.4) is 0 Å². The van der Waals surface area contributed by atoms with Crippen molar-refractivity contribution in [2.45, 2.75) is 6.42 Å². The standard InChI is InChI=1S/C19H21N3O7/c1-27-16-6-3-12(9-17(16)28-2)7-8-21-18(23)11-29-19(24)13-4-5-14(20)15(10-13)22(25)26/h3-6,9-10H,7-8,11,20H2,1-2H3,(H,21,23). The zero-order valence-electron chi connectivity index (χ0n) is 16.0. The van der Waals surface area contributed by atoms with Crippen molar-refractivity contribution in [3.05, 3.63) is 57.6 Å². The number of carbonyl (C=O) groups excluding carboxylic acids is 2. The number of hydrogen-bond acceptors (Lipinski definition) is 8. The SMILES string of the molecule is COc1ccc(CCNC(=O)COC(=O)c2ccc(N)c([N+](=O)[O-])c2)cc1OC. The topological polar surface area (TPSA) is 143 Å². The summed E-state index contributed by atoms with van der Waals surface area (Å²) in [6.07, 6.45) is 0.532. The van der Waals surface area contributed by atoms with Gasteiger partial charge in [-0.1, -0.05) is 6.07 Å². The van der Waals surface area contributed by atoms with E-state index in [1.165, 1.54) is 19.2 Å². The van der Waals surface area contributed by atoms with Crippen molar-refractivity contribution in [3.8, 4) is 11.5 Å². The van der Waals surface area contributed by atoms with Crippen LogP contribution in [0, 0.1) is 10.1 Å². The molecule has 0 aliphatic rings. The summed E-state index contributed by atoms with van der Waals surface area (Å²) in [5.41, 5.74) is 5.86. The first-order valence-electron chi connectivity index (χ1n) is 8.54. The lowest BCUT2D eigenvalue weighted by atomic mass is 10.1. The maximum atomic E-state index is 12.0. The minimum Gasteiger partial charge on any atom is -0.493 e. The molecule has 0 aromatic heterocycles. The molecule has 0 aliphatic heterocycles. The smallest absolute Gasteiger partial charge is 0.338 e. The number of ether oxygens (including phenoxy) is 3. The Morgan fingerprint density at radius 2 is 1.83 bits per heavy atom. The second kappa shape index (κ2) is 9.93. The van der Waals surface area contributed by atoms with Crippen molar-refractivity contribution in [1.29, 1.82) is 0 Å². The molecular formula is C19H21N3O7. The number of nitrogen functional groups attached to an aromatic ring is 1. The van der Waals surface area contributed by atoms with Crippen LogP contribution in [-0.2, 0) is 16.0 Å². The Morgan fingerprint density at radius 3 is 2.48 bits per heavy atom. The summed E-state index contributed by atoms with van der Waals surface area (Å²) in [6.45, 7) is -0.192. The number of nitrogens with two attached hydrogens (primary N) is 1. The maximum absolute atomic E-state index is 12.0. The molecular weight excluding hydrogens is 382 g/mol. The van der Waals surface area contributed by atoms with Gasteiger partial charge in [-0.2, -0.15) is 0 Å². The first-order chi connectivity index (χ1) is 13.8. The minimum absolute atomic E-state index is 0.0657. The van der Waals surface area contributed by atoms with Crippen molar-refractivity contribution >= 4 is 23.3 Å². The number of carbonyl (C=O) groups is 2. The van der Waals surface area contributed by atoms with Crippen molar-refractivity contribution in [2.24, 2.45) is 0 Å². The number of amides is 1. The van der Waals surface area contributed by atoms with Crippen LogP contribution >= 0.6 is 0 Å². The van der Waals surface area contributed by atoms with Gasteiger partial charge in [-0.05, 0) is 36.2 Å². The Bertz CT molecular complexity index is 915. The number of hydrogen-bond donors (Lipinski definition) is 2. The lowest BCUT2D eigenvalue weighted by Gasteiger charge is -2.10. The third-order valence-corrected chi connectivity index (χ3v) is 3.98. The Hall–Kier alpha value is -3.82. The first kappa shape index (κ1) is 21.5. The molecule has 0 spiro atoms. The Labute approximate surface area is 166 Å². The Balaban J connectivity index is 1.82. The molecule has 0 unspecified atom stereocenters. The fourth-order valence-corrected chi connectivity index (χ4v) is 2.48. The van der Waals surface area contributed by atoms with Gasteiger partial charge >= 0.3 is 5.97 Å². The highest BCUT2D eigenvalue weighted by molar-refractivity contribution is 5.92. The van der Waals surface area contributed by atoms with Crippen LogP contribution in [0.1, 0.15) is 15.9 Å². The number of rotatable bonds is 9. The fourth-order valence-electron chi connectivity index (χ4n) is 2.48. The zero-order valence-corrected chi connectivity index (χ0v) is 16.0. The third kappa shape index (κ3) is 5.83. The average molecular weight is 403 g/mol. The number of methoxy groups -OCH3 is 2. The molecule has 0 aliphatic carbocycles. The lowest BCUT2D eigenvalue weighted by Crippen LogP contribution is -2.30. The number of benzene rings is 2. The molecule has 0 saturated carbocycles. The van der Waals surface area contributed by atoms with E-state index < -0.39 is 29.1 Å². The third-order valence-electron chi connectivity index (χ3n) is 3.98. The zero-order chi connectivity index (χ0) is 21.4. The van der Waals surface area contributed by atoms with E-state index in [0.29, 0.717) is 24.5 Å². The predicted octanol–water partition coefficient (Wildman–Crippen LogP) is 1.71. The molecule has 0 fully saturated rings. The van der Waals surface area contributed by atoms with Gasteiger partial charge in [0.15, 0.2) is 18.1 Å². The predicted molar refractivity (Wildman–Crippen MR) is 104 cm³/mol. The molecule has 0 radical (unpaired) electrons. The van der Waals surface area contributed by atoms with Gasteiger partial charge in [-0.25, -0.2) is 4.79 Å². The molecule has 1 amide bonds. The van der Waals surface area contributed by atoms with E-state index in [2.05, 4.69) is 5.32 Å². The molecule has 2 rings (SSSR count). The molecule has 2 aromatic rings. The van der Waals surface area contributed by atoms with E-state index in [-0.39, 0.29) is 11.3 Å². The van der Waals surface area contributed by atoms with E-state index in [9.17, 15) is 19.7 Å². The summed E-state index contributed by atoms with van der Waals surface area (Å²) in [5, 5.41) is 13.5. The highest BCUT2D eigenvalue weighted by atomic mass is 16.6. The molecule has 0 heterocycles. The Kier molecular flexibility index (Phi) is 7.35. The molecule has 10 heteroatoms. The molecule has 0 bridgehead atoms. The van der Waals surface area contributed by atoms with Crippen LogP contribution in [0.15, 0.2) is 36.4 Å². The molecule has 154 valence electrons. The molecule has 2 aromatic carbocycles. The van der Waals surface area contributed by atoms with Crippen molar-refractivity contribution in [1.82, 2.24) is 5.32 Å². The number of nitro benzene ring substituents is 1. The van der Waals surface area contributed by atoms with E-state index in [1.807, 2.05) is 6.07 Å². The van der Waals surface area contributed by atoms with Crippen LogP contribution in [0.25, 0.3) is 0 Å². The van der Waals surface area contributed by atoms with Gasteiger partial charge in [0.25, 0.3) is 11.6 Å². The normalized spacial score (nSPS) is 10.1. The van der Waals surface area contributed by atoms with E-state index in [4.69, 9.17) is 19.9 Å². The summed E-state index contributed by atoms with van der Waals surface area (Å²) in [5.74, 6) is -0.162. The fraction of sp³-hybridized carbons (Fsp3) is 0.263. The van der Waals surface area contributed by atoms with Crippen LogP contribution in [0.5, 0.6) is 11.5 Å². The molecule has 0 saturated heterocycles. The average Bonchev–Trinajstić information content (AvgIpc) is 2.71. The molecule has 3 N–H and O–H groups in total. The van der Waals surface area contributed by atoms with Crippen molar-refractivity contribution < 1.29 is 28.7 Å². The van der Waals surface area contributed by atoms with E-state index >= 15 is 0 Å². The van der Waals surface area contributed by atoms with Gasteiger partial charge in [0.2, 0.25) is 0 Å². The van der Waals surface area contributed by atoms with E-state index in [0.717, 1.165) is 11.6 Å². The summed E-state index contributed by atoms with van der Waals surface area (Å²) < 4.78 is 15.3. The highest BCUT2D eigenvalue weighted by Crippen LogP contribution is 2.27. The second-order valence-electron chi connectivity index (χ2n) is 5.90. The van der Waals surface area contributed by atoms with Crippen LogP contribution in [0.4, 0.5) is 11.4 Å². The summed E-state index contributed by atoms with van der Waals surface area (Å²) >= 11 is 0. The van der Waals surface area contributed by atoms with Gasteiger partial charge in [0, 0.05) is 12.6 Å². The van der Waals surface area contributed by atoms with Gasteiger partial charge in [0.1, 0.15) is 5.69 Å². The van der Waals surface area contributed by atoms with Gasteiger partial charge in [-0.15, -0.1) is 0 Å².